The molecule has 1 aliphatic rings. The van der Waals surface area contributed by atoms with Crippen molar-refractivity contribution in [2.24, 2.45) is 0 Å². The Kier molecular flexibility index (Phi) is 6.13. The van der Waals surface area contributed by atoms with Gasteiger partial charge in [0.2, 0.25) is 0 Å². The van der Waals surface area contributed by atoms with Crippen LogP contribution in [-0.2, 0) is 14.3 Å². The molecule has 1 fully saturated rings. The minimum Gasteiger partial charge on any atom is -0.507 e. The maximum Gasteiger partial charge on any atom is 0.295 e. The van der Waals surface area contributed by atoms with Crippen LogP contribution in [0.25, 0.3) is 5.76 Å². The molecule has 1 saturated heterocycles. The summed E-state index contributed by atoms with van der Waals surface area (Å²) in [7, 11) is 1.57. The lowest BCUT2D eigenvalue weighted by Crippen LogP contribution is -2.31. The van der Waals surface area contributed by atoms with Gasteiger partial charge >= 0.3 is 0 Å². The van der Waals surface area contributed by atoms with Gasteiger partial charge in [-0.2, -0.15) is 0 Å². The average Bonchev–Trinajstić information content (AvgIpc) is 2.95. The van der Waals surface area contributed by atoms with Crippen LogP contribution < -0.4 is 0 Å². The second-order valence-electron chi connectivity index (χ2n) is 7.16. The van der Waals surface area contributed by atoms with Crippen molar-refractivity contribution in [3.8, 4) is 0 Å². The fraction of sp³-hybridized carbons (Fsp3) is 0.304. The number of ether oxygens (including phenoxy) is 1. The van der Waals surface area contributed by atoms with Crippen molar-refractivity contribution in [3.63, 3.8) is 0 Å². The number of aliphatic hydroxyl groups excluding tert-OH is 1. The molecule has 2 aromatic carbocycles. The van der Waals surface area contributed by atoms with E-state index in [4.69, 9.17) is 4.74 Å². The molecule has 2 aromatic rings. The van der Waals surface area contributed by atoms with Crippen molar-refractivity contribution in [1.29, 1.82) is 0 Å². The SMILES string of the molecule is COCCCN1C(=O)C(=O)/C(=C(/O)c2ccc(F)c(C)c2)C1c1ccccc1C. The van der Waals surface area contributed by atoms with Crippen LogP contribution in [-0.4, -0.2) is 42.0 Å². The van der Waals surface area contributed by atoms with E-state index in [-0.39, 0.29) is 11.3 Å². The molecular weight excluding hydrogens is 373 g/mol. The Morgan fingerprint density at radius 2 is 1.86 bits per heavy atom. The monoisotopic (exact) mass is 397 g/mol. The first-order valence-corrected chi connectivity index (χ1v) is 9.46. The van der Waals surface area contributed by atoms with Crippen molar-refractivity contribution in [2.45, 2.75) is 26.3 Å². The number of nitrogens with zero attached hydrogens (tertiary/aromatic N) is 1. The standard InChI is InChI=1S/C23H24FNO4/c1-14-7-4-5-8-17(14)20-19(21(26)16-9-10-18(24)15(2)13-16)22(27)23(28)25(20)11-6-12-29-3/h4-5,7-10,13,20,26H,6,11-12H2,1-3H3/b21-19+. The van der Waals surface area contributed by atoms with Crippen LogP contribution in [0, 0.1) is 19.7 Å². The van der Waals surface area contributed by atoms with Crippen LogP contribution in [0.4, 0.5) is 4.39 Å². The number of hydrogen-bond acceptors (Lipinski definition) is 4. The lowest BCUT2D eigenvalue weighted by atomic mass is 9.92. The van der Waals surface area contributed by atoms with E-state index in [1.807, 2.05) is 31.2 Å². The second kappa shape index (κ2) is 8.57. The minimum atomic E-state index is -0.741. The van der Waals surface area contributed by atoms with Gasteiger partial charge in [0.1, 0.15) is 11.6 Å². The van der Waals surface area contributed by atoms with Gasteiger partial charge in [-0.05, 0) is 55.2 Å². The molecule has 6 heteroatoms. The number of halogens is 1. The highest BCUT2D eigenvalue weighted by atomic mass is 19.1. The van der Waals surface area contributed by atoms with Gasteiger partial charge in [-0.25, -0.2) is 4.39 Å². The lowest BCUT2D eigenvalue weighted by Gasteiger charge is -2.26. The highest BCUT2D eigenvalue weighted by Crippen LogP contribution is 2.40. The first-order valence-electron chi connectivity index (χ1n) is 9.46. The van der Waals surface area contributed by atoms with Crippen molar-refractivity contribution in [1.82, 2.24) is 4.90 Å². The smallest absolute Gasteiger partial charge is 0.295 e. The highest BCUT2D eigenvalue weighted by Gasteiger charge is 2.46. The van der Waals surface area contributed by atoms with Crippen LogP contribution in [0.2, 0.25) is 0 Å². The summed E-state index contributed by atoms with van der Waals surface area (Å²) in [5.74, 6) is -2.10. The van der Waals surface area contributed by atoms with Crippen LogP contribution >= 0.6 is 0 Å². The van der Waals surface area contributed by atoms with E-state index in [1.165, 1.54) is 23.1 Å². The molecular formula is C23H24FNO4. The van der Waals surface area contributed by atoms with E-state index in [2.05, 4.69) is 0 Å². The fourth-order valence-electron chi connectivity index (χ4n) is 3.65. The van der Waals surface area contributed by atoms with Crippen LogP contribution in [0.15, 0.2) is 48.0 Å². The zero-order valence-corrected chi connectivity index (χ0v) is 16.7. The van der Waals surface area contributed by atoms with Crippen molar-refractivity contribution in [2.75, 3.05) is 20.3 Å². The van der Waals surface area contributed by atoms with E-state index in [1.54, 1.807) is 14.0 Å². The summed E-state index contributed by atoms with van der Waals surface area (Å²) >= 11 is 0. The zero-order valence-electron chi connectivity index (χ0n) is 16.7. The van der Waals surface area contributed by atoms with Gasteiger partial charge in [0.15, 0.2) is 0 Å². The number of methoxy groups -OCH3 is 1. The first-order chi connectivity index (χ1) is 13.9. The molecule has 1 aliphatic heterocycles. The Labute approximate surface area is 169 Å². The summed E-state index contributed by atoms with van der Waals surface area (Å²) in [5, 5.41) is 11.0. The number of aryl methyl sites for hydroxylation is 2. The van der Waals surface area contributed by atoms with Crippen molar-refractivity contribution < 1.29 is 23.8 Å². The van der Waals surface area contributed by atoms with Gasteiger partial charge in [0.25, 0.3) is 11.7 Å². The molecule has 1 heterocycles. The van der Waals surface area contributed by atoms with E-state index >= 15 is 0 Å². The third-order valence-corrected chi connectivity index (χ3v) is 5.20. The number of amides is 1. The van der Waals surface area contributed by atoms with Gasteiger partial charge < -0.3 is 14.7 Å². The fourth-order valence-corrected chi connectivity index (χ4v) is 3.65. The minimum absolute atomic E-state index is 0.0210. The third-order valence-electron chi connectivity index (χ3n) is 5.20. The molecule has 152 valence electrons. The molecule has 0 spiro atoms. The molecule has 0 radical (unpaired) electrons. The number of carbonyl (C=O) groups is 2. The molecule has 0 saturated carbocycles. The lowest BCUT2D eigenvalue weighted by molar-refractivity contribution is -0.140. The first kappa shape index (κ1) is 20.7. The quantitative estimate of drug-likeness (QED) is 0.347. The van der Waals surface area contributed by atoms with Gasteiger partial charge in [-0.3, -0.25) is 9.59 Å². The summed E-state index contributed by atoms with van der Waals surface area (Å²) in [4.78, 5) is 27.2. The Bertz CT molecular complexity index is 983. The normalized spacial score (nSPS) is 18.5. The number of rotatable bonds is 6. The maximum atomic E-state index is 13.7. The topological polar surface area (TPSA) is 66.8 Å². The zero-order chi connectivity index (χ0) is 21.1. The molecule has 1 amide bonds. The van der Waals surface area contributed by atoms with Crippen LogP contribution in [0.3, 0.4) is 0 Å². The summed E-state index contributed by atoms with van der Waals surface area (Å²) < 4.78 is 18.7. The predicted molar refractivity (Wildman–Crippen MR) is 108 cm³/mol. The highest BCUT2D eigenvalue weighted by molar-refractivity contribution is 6.46. The number of hydrogen-bond donors (Lipinski definition) is 1. The average molecular weight is 397 g/mol. The molecule has 1 atom stereocenters. The number of benzene rings is 2. The molecule has 5 nitrogen and oxygen atoms in total. The molecule has 0 bridgehead atoms. The van der Waals surface area contributed by atoms with Gasteiger partial charge in [0.05, 0.1) is 11.6 Å². The van der Waals surface area contributed by atoms with E-state index in [0.29, 0.717) is 30.7 Å². The maximum absolute atomic E-state index is 13.7. The number of ketones is 1. The Hall–Kier alpha value is -2.99. The Morgan fingerprint density at radius 3 is 2.52 bits per heavy atom. The van der Waals surface area contributed by atoms with E-state index < -0.39 is 23.5 Å². The second-order valence-corrected chi connectivity index (χ2v) is 7.16. The summed E-state index contributed by atoms with van der Waals surface area (Å²) in [6.07, 6.45) is 0.557. The largest absolute Gasteiger partial charge is 0.507 e. The number of likely N-dealkylation sites (tertiary alicyclic amines) is 1. The third kappa shape index (κ3) is 3.93. The molecule has 29 heavy (non-hydrogen) atoms. The number of Topliss-reactive ketones (excluding diaryl/α,β-unsaturated/α-hetero) is 1. The van der Waals surface area contributed by atoms with Gasteiger partial charge in [-0.1, -0.05) is 24.3 Å². The molecule has 3 rings (SSSR count). The number of carbonyl (C=O) groups excluding carboxylic acids is 2. The van der Waals surface area contributed by atoms with E-state index in [9.17, 15) is 19.1 Å². The van der Waals surface area contributed by atoms with Crippen LogP contribution in [0.1, 0.15) is 34.7 Å². The predicted octanol–water partition coefficient (Wildman–Crippen LogP) is 3.90. The molecule has 1 N–H and O–H groups in total. The summed E-state index contributed by atoms with van der Waals surface area (Å²) in [6, 6.07) is 10.9. The van der Waals surface area contributed by atoms with Crippen molar-refractivity contribution >= 4 is 17.4 Å². The Morgan fingerprint density at radius 1 is 1.14 bits per heavy atom. The molecule has 0 aliphatic carbocycles. The van der Waals surface area contributed by atoms with Crippen LogP contribution in [0.5, 0.6) is 0 Å². The summed E-state index contributed by atoms with van der Waals surface area (Å²) in [6.45, 7) is 4.23. The van der Waals surface area contributed by atoms with Gasteiger partial charge in [0, 0.05) is 25.8 Å². The van der Waals surface area contributed by atoms with Crippen molar-refractivity contribution in [3.05, 3.63) is 76.1 Å². The van der Waals surface area contributed by atoms with E-state index in [0.717, 1.165) is 11.1 Å². The summed E-state index contributed by atoms with van der Waals surface area (Å²) in [5.41, 5.74) is 2.34. The number of aliphatic hydroxyl groups is 1. The molecule has 1 unspecified atom stereocenters. The molecule has 0 aromatic heterocycles. The Balaban J connectivity index is 2.16. The van der Waals surface area contributed by atoms with Gasteiger partial charge in [-0.15, -0.1) is 0 Å².